The molecular formula is C12H19ClFNO. The molecule has 0 fully saturated rings. The Labute approximate surface area is 102 Å². The number of rotatable bonds is 4. The summed E-state index contributed by atoms with van der Waals surface area (Å²) in [6.07, 6.45) is 0.00399. The van der Waals surface area contributed by atoms with E-state index in [2.05, 4.69) is 0 Å². The number of halogens is 2. The predicted octanol–water partition coefficient (Wildman–Crippen LogP) is 2.65. The van der Waals surface area contributed by atoms with Gasteiger partial charge < -0.3 is 10.8 Å². The largest absolute Gasteiger partial charge is 0.391 e. The average Bonchev–Trinajstić information content (AvgIpc) is 2.15. The van der Waals surface area contributed by atoms with Crippen LogP contribution in [0.5, 0.6) is 0 Å². The molecule has 0 unspecified atom stereocenters. The van der Waals surface area contributed by atoms with Gasteiger partial charge in [0.1, 0.15) is 5.82 Å². The Morgan fingerprint density at radius 3 is 2.50 bits per heavy atom. The molecule has 1 aromatic rings. The quantitative estimate of drug-likeness (QED) is 0.859. The highest BCUT2D eigenvalue weighted by Gasteiger charge is 2.18. The maximum Gasteiger partial charge on any atom is 0.123 e. The van der Waals surface area contributed by atoms with Crippen molar-refractivity contribution in [2.45, 2.75) is 32.4 Å². The highest BCUT2D eigenvalue weighted by molar-refractivity contribution is 5.85. The van der Waals surface area contributed by atoms with Crippen molar-refractivity contribution < 1.29 is 9.50 Å². The maximum absolute atomic E-state index is 12.9. The summed E-state index contributed by atoms with van der Waals surface area (Å²) in [7, 11) is 0. The topological polar surface area (TPSA) is 46.2 Å². The maximum atomic E-state index is 12.9. The minimum Gasteiger partial charge on any atom is -0.391 e. The molecule has 0 saturated heterocycles. The SMILES string of the molecule is CC(C)C[C@@H](O)[C@@H](N)c1cccc(F)c1.Cl. The highest BCUT2D eigenvalue weighted by Crippen LogP contribution is 2.19. The molecule has 0 aliphatic heterocycles. The molecule has 2 nitrogen and oxygen atoms in total. The average molecular weight is 248 g/mol. The molecule has 0 heterocycles. The summed E-state index contributed by atoms with van der Waals surface area (Å²) in [5, 5.41) is 9.78. The third-order valence-electron chi connectivity index (χ3n) is 2.36. The van der Waals surface area contributed by atoms with Gasteiger partial charge in [0.25, 0.3) is 0 Å². The molecule has 1 aromatic carbocycles. The number of aliphatic hydroxyl groups excluding tert-OH is 1. The molecule has 0 amide bonds. The Hall–Kier alpha value is -0.640. The lowest BCUT2D eigenvalue weighted by molar-refractivity contribution is 0.121. The second kappa shape index (κ2) is 6.84. The summed E-state index contributed by atoms with van der Waals surface area (Å²) in [5.74, 6) is 0.0549. The summed E-state index contributed by atoms with van der Waals surface area (Å²) in [4.78, 5) is 0. The minimum absolute atomic E-state index is 0. The van der Waals surface area contributed by atoms with E-state index in [1.165, 1.54) is 12.1 Å². The lowest BCUT2D eigenvalue weighted by Crippen LogP contribution is -2.27. The molecule has 0 aliphatic rings. The van der Waals surface area contributed by atoms with Gasteiger partial charge in [-0.05, 0) is 30.0 Å². The second-order valence-electron chi connectivity index (χ2n) is 4.28. The molecule has 2 atom stereocenters. The first-order valence-corrected chi connectivity index (χ1v) is 5.20. The minimum atomic E-state index is -0.619. The van der Waals surface area contributed by atoms with Crippen LogP contribution in [0.2, 0.25) is 0 Å². The summed E-state index contributed by atoms with van der Waals surface area (Å²) < 4.78 is 12.9. The zero-order chi connectivity index (χ0) is 11.4. The third kappa shape index (κ3) is 4.47. The van der Waals surface area contributed by atoms with Crippen LogP contribution in [0.4, 0.5) is 4.39 Å². The van der Waals surface area contributed by atoms with Crippen molar-refractivity contribution >= 4 is 12.4 Å². The van der Waals surface area contributed by atoms with Crippen LogP contribution in [0, 0.1) is 11.7 Å². The van der Waals surface area contributed by atoms with Crippen LogP contribution in [0.1, 0.15) is 31.9 Å². The molecule has 92 valence electrons. The first-order valence-electron chi connectivity index (χ1n) is 5.20. The molecule has 1 rings (SSSR count). The van der Waals surface area contributed by atoms with Crippen molar-refractivity contribution in [3.63, 3.8) is 0 Å². The Kier molecular flexibility index (Phi) is 6.56. The number of aliphatic hydroxyl groups is 1. The fourth-order valence-electron chi connectivity index (χ4n) is 1.57. The van der Waals surface area contributed by atoms with E-state index >= 15 is 0 Å². The van der Waals surface area contributed by atoms with Gasteiger partial charge in [-0.15, -0.1) is 12.4 Å². The number of benzene rings is 1. The van der Waals surface area contributed by atoms with E-state index in [0.717, 1.165) is 0 Å². The van der Waals surface area contributed by atoms with Crippen LogP contribution in [0.3, 0.4) is 0 Å². The molecule has 0 spiro atoms. The fourth-order valence-corrected chi connectivity index (χ4v) is 1.57. The van der Waals surface area contributed by atoms with Crippen LogP contribution in [-0.2, 0) is 0 Å². The van der Waals surface area contributed by atoms with E-state index in [-0.39, 0.29) is 18.2 Å². The Morgan fingerprint density at radius 1 is 1.38 bits per heavy atom. The van der Waals surface area contributed by atoms with E-state index in [9.17, 15) is 9.50 Å². The van der Waals surface area contributed by atoms with E-state index in [4.69, 9.17) is 5.73 Å². The van der Waals surface area contributed by atoms with Crippen LogP contribution < -0.4 is 5.73 Å². The molecule has 0 aromatic heterocycles. The number of hydrogen-bond donors (Lipinski definition) is 2. The van der Waals surface area contributed by atoms with Gasteiger partial charge in [0.15, 0.2) is 0 Å². The van der Waals surface area contributed by atoms with Gasteiger partial charge in [0, 0.05) is 0 Å². The molecule has 0 bridgehead atoms. The zero-order valence-electron chi connectivity index (χ0n) is 9.56. The van der Waals surface area contributed by atoms with Gasteiger partial charge in [-0.3, -0.25) is 0 Å². The highest BCUT2D eigenvalue weighted by atomic mass is 35.5. The van der Waals surface area contributed by atoms with Gasteiger partial charge in [0.05, 0.1) is 12.1 Å². The van der Waals surface area contributed by atoms with E-state index in [1.54, 1.807) is 12.1 Å². The van der Waals surface area contributed by atoms with Crippen molar-refractivity contribution in [3.05, 3.63) is 35.6 Å². The monoisotopic (exact) mass is 247 g/mol. The van der Waals surface area contributed by atoms with Crippen molar-refractivity contribution in [1.82, 2.24) is 0 Å². The van der Waals surface area contributed by atoms with Gasteiger partial charge >= 0.3 is 0 Å². The third-order valence-corrected chi connectivity index (χ3v) is 2.36. The van der Waals surface area contributed by atoms with Crippen molar-refractivity contribution in [2.24, 2.45) is 11.7 Å². The van der Waals surface area contributed by atoms with Crippen molar-refractivity contribution in [3.8, 4) is 0 Å². The van der Waals surface area contributed by atoms with Crippen LogP contribution >= 0.6 is 12.4 Å². The second-order valence-corrected chi connectivity index (χ2v) is 4.28. The summed E-state index contributed by atoms with van der Waals surface area (Å²) in [5.41, 5.74) is 6.48. The van der Waals surface area contributed by atoms with Gasteiger partial charge in [-0.2, -0.15) is 0 Å². The lowest BCUT2D eigenvalue weighted by Gasteiger charge is -2.20. The molecule has 0 radical (unpaired) electrons. The molecule has 4 heteroatoms. The number of hydrogen-bond acceptors (Lipinski definition) is 2. The van der Waals surface area contributed by atoms with Crippen LogP contribution in [0.15, 0.2) is 24.3 Å². The summed E-state index contributed by atoms with van der Waals surface area (Å²) >= 11 is 0. The lowest BCUT2D eigenvalue weighted by atomic mass is 9.95. The normalized spacial score (nSPS) is 14.4. The summed E-state index contributed by atoms with van der Waals surface area (Å²) in [6, 6.07) is 5.56. The van der Waals surface area contributed by atoms with E-state index in [1.807, 2.05) is 13.8 Å². The fraction of sp³-hybridized carbons (Fsp3) is 0.500. The summed E-state index contributed by atoms with van der Waals surface area (Å²) in [6.45, 7) is 4.03. The molecular weight excluding hydrogens is 229 g/mol. The predicted molar refractivity (Wildman–Crippen MR) is 66.0 cm³/mol. The van der Waals surface area contributed by atoms with Crippen LogP contribution in [-0.4, -0.2) is 11.2 Å². The van der Waals surface area contributed by atoms with Crippen molar-refractivity contribution in [1.29, 1.82) is 0 Å². The van der Waals surface area contributed by atoms with Crippen molar-refractivity contribution in [2.75, 3.05) is 0 Å². The molecule has 3 N–H and O–H groups in total. The van der Waals surface area contributed by atoms with E-state index < -0.39 is 12.1 Å². The first kappa shape index (κ1) is 15.4. The van der Waals surface area contributed by atoms with Gasteiger partial charge in [0.2, 0.25) is 0 Å². The molecule has 0 aliphatic carbocycles. The van der Waals surface area contributed by atoms with E-state index in [0.29, 0.717) is 17.9 Å². The number of nitrogens with two attached hydrogens (primary N) is 1. The smallest absolute Gasteiger partial charge is 0.123 e. The standard InChI is InChI=1S/C12H18FNO.ClH/c1-8(2)6-11(15)12(14)9-4-3-5-10(13)7-9;/h3-5,7-8,11-12,15H,6,14H2,1-2H3;1H/t11-,12+;/m1./s1. The Balaban J connectivity index is 0.00000225. The van der Waals surface area contributed by atoms with Gasteiger partial charge in [-0.25, -0.2) is 4.39 Å². The molecule has 0 saturated carbocycles. The Bertz CT molecular complexity index is 320. The Morgan fingerprint density at radius 2 is 2.00 bits per heavy atom. The zero-order valence-corrected chi connectivity index (χ0v) is 10.4. The van der Waals surface area contributed by atoms with Crippen LogP contribution in [0.25, 0.3) is 0 Å². The molecule has 16 heavy (non-hydrogen) atoms. The first-order chi connectivity index (χ1) is 7.00. The van der Waals surface area contributed by atoms with Gasteiger partial charge in [-0.1, -0.05) is 26.0 Å².